The summed E-state index contributed by atoms with van der Waals surface area (Å²) >= 11 is 1.56. The number of halogens is 2. The summed E-state index contributed by atoms with van der Waals surface area (Å²) < 4.78 is 1.93. The topological polar surface area (TPSA) is 72.4 Å². The van der Waals surface area contributed by atoms with Crippen molar-refractivity contribution in [3.63, 3.8) is 0 Å². The molecular formula is C9H14Cl2N4OS. The second-order valence-electron chi connectivity index (χ2n) is 3.33. The van der Waals surface area contributed by atoms with Crippen molar-refractivity contribution in [2.45, 2.75) is 19.5 Å². The molecule has 0 aliphatic heterocycles. The fraction of sp³-hybridized carbons (Fsp3) is 0.333. The van der Waals surface area contributed by atoms with Gasteiger partial charge in [-0.2, -0.15) is 0 Å². The summed E-state index contributed by atoms with van der Waals surface area (Å²) in [6, 6.07) is -0.478. The Hall–Kier alpha value is -0.820. The smallest absolute Gasteiger partial charge is 0.236 e. The standard InChI is InChI=1S/C9H12N4OS.2ClH/c1-6(10)8(14)11-4-7-5-13-2-3-15-9(13)12-7;;/h2-3,5-6H,4,10H2,1H3,(H,11,14);2*1H. The molecule has 5 nitrogen and oxygen atoms in total. The third-order valence-electron chi connectivity index (χ3n) is 2.00. The largest absolute Gasteiger partial charge is 0.349 e. The number of hydrogen-bond donors (Lipinski definition) is 2. The maximum absolute atomic E-state index is 11.2. The van der Waals surface area contributed by atoms with Gasteiger partial charge in [0.25, 0.3) is 0 Å². The van der Waals surface area contributed by atoms with E-state index in [0.29, 0.717) is 6.54 Å². The Morgan fingerprint density at radius 3 is 2.94 bits per heavy atom. The van der Waals surface area contributed by atoms with Crippen molar-refractivity contribution >= 4 is 47.0 Å². The van der Waals surface area contributed by atoms with Gasteiger partial charge in [0, 0.05) is 17.8 Å². The highest BCUT2D eigenvalue weighted by molar-refractivity contribution is 7.15. The van der Waals surface area contributed by atoms with Crippen LogP contribution in [0.15, 0.2) is 17.8 Å². The van der Waals surface area contributed by atoms with Gasteiger partial charge in [-0.1, -0.05) is 0 Å². The van der Waals surface area contributed by atoms with Crippen LogP contribution in [0.3, 0.4) is 0 Å². The molecule has 0 aliphatic carbocycles. The first-order chi connectivity index (χ1) is 7.16. The zero-order valence-corrected chi connectivity index (χ0v) is 11.6. The molecule has 8 heteroatoms. The van der Waals surface area contributed by atoms with E-state index >= 15 is 0 Å². The Morgan fingerprint density at radius 2 is 2.35 bits per heavy atom. The number of rotatable bonds is 3. The molecule has 2 rings (SSSR count). The van der Waals surface area contributed by atoms with Gasteiger partial charge in [0.15, 0.2) is 4.96 Å². The molecule has 0 spiro atoms. The van der Waals surface area contributed by atoms with Crippen LogP contribution < -0.4 is 11.1 Å². The summed E-state index contributed by atoms with van der Waals surface area (Å²) in [5.41, 5.74) is 6.26. The van der Waals surface area contributed by atoms with Gasteiger partial charge in [-0.05, 0) is 6.92 Å². The van der Waals surface area contributed by atoms with E-state index in [0.717, 1.165) is 10.7 Å². The van der Waals surface area contributed by atoms with Gasteiger partial charge in [-0.25, -0.2) is 4.98 Å². The minimum Gasteiger partial charge on any atom is -0.349 e. The van der Waals surface area contributed by atoms with Crippen LogP contribution in [0, 0.1) is 0 Å². The number of fused-ring (bicyclic) bond motifs is 1. The number of imidazole rings is 1. The van der Waals surface area contributed by atoms with Gasteiger partial charge in [-0.3, -0.25) is 9.20 Å². The van der Waals surface area contributed by atoms with Crippen LogP contribution >= 0.6 is 36.2 Å². The predicted molar refractivity (Wildman–Crippen MR) is 73.1 cm³/mol. The Bertz CT molecular complexity index is 454. The summed E-state index contributed by atoms with van der Waals surface area (Å²) in [5.74, 6) is -0.161. The second kappa shape index (κ2) is 6.80. The van der Waals surface area contributed by atoms with Crippen molar-refractivity contribution in [2.75, 3.05) is 0 Å². The van der Waals surface area contributed by atoms with Crippen molar-refractivity contribution in [2.24, 2.45) is 5.73 Å². The molecule has 3 N–H and O–H groups in total. The van der Waals surface area contributed by atoms with E-state index in [1.54, 1.807) is 18.3 Å². The van der Waals surface area contributed by atoms with E-state index in [2.05, 4.69) is 10.3 Å². The Morgan fingerprint density at radius 1 is 1.65 bits per heavy atom. The molecule has 0 radical (unpaired) electrons. The average Bonchev–Trinajstić information content (AvgIpc) is 2.72. The first-order valence-corrected chi connectivity index (χ1v) is 5.49. The number of nitrogens with one attached hydrogen (secondary N) is 1. The van der Waals surface area contributed by atoms with E-state index < -0.39 is 6.04 Å². The fourth-order valence-electron chi connectivity index (χ4n) is 1.20. The van der Waals surface area contributed by atoms with E-state index in [1.807, 2.05) is 22.2 Å². The molecule has 1 unspecified atom stereocenters. The van der Waals surface area contributed by atoms with E-state index in [1.165, 1.54) is 0 Å². The molecule has 0 fully saturated rings. The Kier molecular flexibility index (Phi) is 6.48. The number of carbonyl (C=O) groups excluding carboxylic acids is 1. The molecule has 17 heavy (non-hydrogen) atoms. The Labute approximate surface area is 115 Å². The third-order valence-corrected chi connectivity index (χ3v) is 2.77. The quantitative estimate of drug-likeness (QED) is 0.894. The summed E-state index contributed by atoms with van der Waals surface area (Å²) in [6.07, 6.45) is 3.83. The Balaban J connectivity index is 0.00000128. The molecule has 96 valence electrons. The first-order valence-electron chi connectivity index (χ1n) is 4.61. The SMILES string of the molecule is CC(N)C(=O)NCc1cn2ccsc2n1.Cl.Cl. The fourth-order valence-corrected chi connectivity index (χ4v) is 1.92. The van der Waals surface area contributed by atoms with Crippen LogP contribution in [-0.2, 0) is 11.3 Å². The number of aromatic nitrogens is 2. The molecule has 0 aliphatic rings. The van der Waals surface area contributed by atoms with Crippen molar-refractivity contribution in [1.29, 1.82) is 0 Å². The summed E-state index contributed by atoms with van der Waals surface area (Å²) in [7, 11) is 0. The maximum Gasteiger partial charge on any atom is 0.236 e. The van der Waals surface area contributed by atoms with E-state index in [4.69, 9.17) is 5.73 Å². The summed E-state index contributed by atoms with van der Waals surface area (Å²) in [5, 5.41) is 4.68. The summed E-state index contributed by atoms with van der Waals surface area (Å²) in [6.45, 7) is 2.08. The van der Waals surface area contributed by atoms with Gasteiger partial charge in [0.05, 0.1) is 18.3 Å². The second-order valence-corrected chi connectivity index (χ2v) is 4.20. The molecule has 1 amide bonds. The van der Waals surface area contributed by atoms with Crippen LogP contribution in [0.2, 0.25) is 0 Å². The zero-order valence-electron chi connectivity index (χ0n) is 9.12. The molecule has 1 atom stereocenters. The number of nitrogens with two attached hydrogens (primary N) is 1. The molecule has 2 heterocycles. The zero-order chi connectivity index (χ0) is 10.8. The highest BCUT2D eigenvalue weighted by atomic mass is 35.5. The maximum atomic E-state index is 11.2. The van der Waals surface area contributed by atoms with Gasteiger partial charge < -0.3 is 11.1 Å². The van der Waals surface area contributed by atoms with Gasteiger partial charge in [0.2, 0.25) is 5.91 Å². The van der Waals surface area contributed by atoms with Crippen LogP contribution in [0.5, 0.6) is 0 Å². The molecular weight excluding hydrogens is 283 g/mol. The summed E-state index contributed by atoms with van der Waals surface area (Å²) in [4.78, 5) is 16.5. The predicted octanol–water partition coefficient (Wildman–Crippen LogP) is 1.20. The lowest BCUT2D eigenvalue weighted by Crippen LogP contribution is -2.37. The highest BCUT2D eigenvalue weighted by Gasteiger charge is 2.08. The highest BCUT2D eigenvalue weighted by Crippen LogP contribution is 2.10. The lowest BCUT2D eigenvalue weighted by molar-refractivity contribution is -0.122. The first kappa shape index (κ1) is 16.2. The molecule has 0 aromatic carbocycles. The van der Waals surface area contributed by atoms with E-state index in [-0.39, 0.29) is 30.7 Å². The van der Waals surface area contributed by atoms with Crippen LogP contribution in [-0.4, -0.2) is 21.3 Å². The molecule has 0 saturated carbocycles. The molecule has 2 aromatic rings. The van der Waals surface area contributed by atoms with Crippen molar-refractivity contribution < 1.29 is 4.79 Å². The van der Waals surface area contributed by atoms with Crippen molar-refractivity contribution in [1.82, 2.24) is 14.7 Å². The van der Waals surface area contributed by atoms with Crippen LogP contribution in [0.4, 0.5) is 0 Å². The number of amides is 1. The van der Waals surface area contributed by atoms with Crippen molar-refractivity contribution in [3.05, 3.63) is 23.5 Å². The number of carbonyl (C=O) groups is 1. The minimum atomic E-state index is -0.478. The molecule has 2 aromatic heterocycles. The monoisotopic (exact) mass is 296 g/mol. The molecule has 0 bridgehead atoms. The van der Waals surface area contributed by atoms with Gasteiger partial charge in [-0.15, -0.1) is 36.2 Å². The molecule has 0 saturated heterocycles. The number of nitrogens with zero attached hydrogens (tertiary/aromatic N) is 2. The minimum absolute atomic E-state index is 0. The lowest BCUT2D eigenvalue weighted by Gasteiger charge is -2.04. The normalized spacial score (nSPS) is 11.4. The number of thiazole rings is 1. The van der Waals surface area contributed by atoms with Gasteiger partial charge in [0.1, 0.15) is 0 Å². The van der Waals surface area contributed by atoms with Crippen LogP contribution in [0.25, 0.3) is 4.96 Å². The third kappa shape index (κ3) is 3.85. The number of hydrogen-bond acceptors (Lipinski definition) is 4. The lowest BCUT2D eigenvalue weighted by atomic mass is 10.3. The van der Waals surface area contributed by atoms with Crippen LogP contribution in [0.1, 0.15) is 12.6 Å². The average molecular weight is 297 g/mol. The van der Waals surface area contributed by atoms with Gasteiger partial charge >= 0.3 is 0 Å². The van der Waals surface area contributed by atoms with Crippen molar-refractivity contribution in [3.8, 4) is 0 Å². The van der Waals surface area contributed by atoms with E-state index in [9.17, 15) is 4.79 Å².